The number of hydrazone groups is 1. The fourth-order valence-electron chi connectivity index (χ4n) is 1.66. The highest BCUT2D eigenvalue weighted by Gasteiger charge is 2.10. The topological polar surface area (TPSA) is 86.3 Å². The van der Waals surface area contributed by atoms with Crippen molar-refractivity contribution >= 4 is 28.9 Å². The Hall–Kier alpha value is -2.89. The monoisotopic (exact) mass is 270 g/mol. The highest BCUT2D eigenvalue weighted by Crippen LogP contribution is 2.15. The van der Waals surface area contributed by atoms with Gasteiger partial charge in [-0.2, -0.15) is 5.10 Å². The number of rotatable bonds is 4. The van der Waals surface area contributed by atoms with Gasteiger partial charge in [0.1, 0.15) is 0 Å². The van der Waals surface area contributed by atoms with Gasteiger partial charge in [0.05, 0.1) is 6.21 Å². The lowest BCUT2D eigenvalue weighted by molar-refractivity contribution is -0.139. The average Bonchev–Trinajstić information content (AvgIpc) is 2.88. The third kappa shape index (κ3) is 3.11. The van der Waals surface area contributed by atoms with Crippen molar-refractivity contribution in [2.45, 2.75) is 0 Å². The van der Waals surface area contributed by atoms with Crippen LogP contribution in [0.2, 0.25) is 0 Å². The molecule has 6 nitrogen and oxygen atoms in total. The number of para-hydroxylation sites is 1. The maximum Gasteiger partial charge on any atom is 0.329 e. The number of carbonyl (C=O) groups excluding carboxylic acids is 2. The first-order chi connectivity index (χ1) is 9.72. The molecular formula is C14H14N4O2. The van der Waals surface area contributed by atoms with Crippen LogP contribution in [0.3, 0.4) is 0 Å². The van der Waals surface area contributed by atoms with Gasteiger partial charge in [-0.05, 0) is 6.07 Å². The van der Waals surface area contributed by atoms with Gasteiger partial charge in [-0.3, -0.25) is 9.59 Å². The fraction of sp³-hybridized carbons (Fsp3) is 0.0714. The van der Waals surface area contributed by atoms with E-state index in [2.05, 4.69) is 27.4 Å². The van der Waals surface area contributed by atoms with Gasteiger partial charge in [-0.1, -0.05) is 24.3 Å². The average molecular weight is 270 g/mol. The van der Waals surface area contributed by atoms with Gasteiger partial charge in [0, 0.05) is 29.2 Å². The summed E-state index contributed by atoms with van der Waals surface area (Å²) in [5, 5.41) is 7.11. The maximum atomic E-state index is 11.4. The molecule has 6 heteroatoms. The summed E-state index contributed by atoms with van der Waals surface area (Å²) in [7, 11) is 0. The zero-order valence-electron chi connectivity index (χ0n) is 10.7. The van der Waals surface area contributed by atoms with Crippen LogP contribution in [0.1, 0.15) is 5.56 Å². The number of H-pyrrole nitrogens is 1. The van der Waals surface area contributed by atoms with E-state index in [4.69, 9.17) is 0 Å². The number of aromatic nitrogens is 1. The minimum absolute atomic E-state index is 0.235. The molecule has 3 N–H and O–H groups in total. The van der Waals surface area contributed by atoms with Crippen molar-refractivity contribution in [2.75, 3.05) is 6.54 Å². The van der Waals surface area contributed by atoms with Gasteiger partial charge in [-0.25, -0.2) is 5.43 Å². The van der Waals surface area contributed by atoms with Gasteiger partial charge in [0.15, 0.2) is 0 Å². The second kappa shape index (κ2) is 6.33. The van der Waals surface area contributed by atoms with E-state index in [0.29, 0.717) is 0 Å². The second-order valence-corrected chi connectivity index (χ2v) is 3.99. The molecule has 0 unspecified atom stereocenters. The Kier molecular flexibility index (Phi) is 4.28. The number of nitrogens with one attached hydrogen (secondary N) is 3. The lowest BCUT2D eigenvalue weighted by Gasteiger charge is -1.99. The molecular weight excluding hydrogens is 256 g/mol. The molecule has 2 rings (SSSR count). The summed E-state index contributed by atoms with van der Waals surface area (Å²) < 4.78 is 0. The molecule has 2 aromatic rings. The number of aromatic amines is 1. The molecule has 0 spiro atoms. The first kappa shape index (κ1) is 13.5. The zero-order chi connectivity index (χ0) is 14.4. The largest absolute Gasteiger partial charge is 0.361 e. The Bertz CT molecular complexity index is 673. The summed E-state index contributed by atoms with van der Waals surface area (Å²) in [6.45, 7) is 3.67. The van der Waals surface area contributed by atoms with Crippen molar-refractivity contribution in [3.63, 3.8) is 0 Å². The molecule has 0 fully saturated rings. The number of carbonyl (C=O) groups is 2. The summed E-state index contributed by atoms with van der Waals surface area (Å²) in [6.07, 6.45) is 4.75. The Morgan fingerprint density at radius 2 is 2.10 bits per heavy atom. The third-order valence-electron chi connectivity index (χ3n) is 2.60. The van der Waals surface area contributed by atoms with Crippen LogP contribution in [-0.4, -0.2) is 29.6 Å². The van der Waals surface area contributed by atoms with Crippen molar-refractivity contribution in [3.05, 3.63) is 48.7 Å². The predicted octanol–water partition coefficient (Wildman–Crippen LogP) is 0.920. The fourth-order valence-corrected chi connectivity index (χ4v) is 1.66. The lowest BCUT2D eigenvalue weighted by Crippen LogP contribution is -2.37. The first-order valence-corrected chi connectivity index (χ1v) is 6.00. The Morgan fingerprint density at radius 1 is 1.30 bits per heavy atom. The van der Waals surface area contributed by atoms with Gasteiger partial charge < -0.3 is 10.3 Å². The van der Waals surface area contributed by atoms with Crippen molar-refractivity contribution in [2.24, 2.45) is 5.10 Å². The third-order valence-corrected chi connectivity index (χ3v) is 2.60. The minimum Gasteiger partial charge on any atom is -0.361 e. The molecule has 0 aliphatic rings. The number of benzene rings is 1. The Balaban J connectivity index is 1.98. The van der Waals surface area contributed by atoms with Crippen LogP contribution in [-0.2, 0) is 9.59 Å². The molecule has 0 aliphatic carbocycles. The van der Waals surface area contributed by atoms with E-state index in [9.17, 15) is 9.59 Å². The molecule has 0 saturated carbocycles. The van der Waals surface area contributed by atoms with Crippen LogP contribution < -0.4 is 10.7 Å². The second-order valence-electron chi connectivity index (χ2n) is 3.99. The van der Waals surface area contributed by atoms with Crippen LogP contribution in [0, 0.1) is 0 Å². The van der Waals surface area contributed by atoms with Crippen LogP contribution in [0.15, 0.2) is 48.2 Å². The van der Waals surface area contributed by atoms with E-state index < -0.39 is 11.8 Å². The molecule has 0 aliphatic heterocycles. The Labute approximate surface area is 115 Å². The van der Waals surface area contributed by atoms with Crippen LogP contribution >= 0.6 is 0 Å². The van der Waals surface area contributed by atoms with E-state index in [-0.39, 0.29) is 6.54 Å². The van der Waals surface area contributed by atoms with Crippen LogP contribution in [0.25, 0.3) is 10.9 Å². The van der Waals surface area contributed by atoms with Gasteiger partial charge >= 0.3 is 11.8 Å². The molecule has 0 bridgehead atoms. The summed E-state index contributed by atoms with van der Waals surface area (Å²) in [4.78, 5) is 25.7. The summed E-state index contributed by atoms with van der Waals surface area (Å²) in [5.41, 5.74) is 3.97. The first-order valence-electron chi connectivity index (χ1n) is 6.00. The molecule has 1 aromatic carbocycles. The summed E-state index contributed by atoms with van der Waals surface area (Å²) in [5.74, 6) is -1.57. The minimum atomic E-state index is -0.817. The van der Waals surface area contributed by atoms with E-state index in [1.807, 2.05) is 24.3 Å². The van der Waals surface area contributed by atoms with Crippen molar-refractivity contribution in [1.29, 1.82) is 0 Å². The smallest absolute Gasteiger partial charge is 0.329 e. The predicted molar refractivity (Wildman–Crippen MR) is 77.2 cm³/mol. The molecule has 1 aromatic heterocycles. The Morgan fingerprint density at radius 3 is 2.90 bits per heavy atom. The number of amides is 2. The molecule has 20 heavy (non-hydrogen) atoms. The summed E-state index contributed by atoms with van der Waals surface area (Å²) in [6, 6.07) is 7.71. The quantitative estimate of drug-likeness (QED) is 0.334. The standard InChI is InChI=1S/C14H14N4O2/c1-2-7-15-13(19)14(20)18-17-9-10-8-16-12-6-4-3-5-11(10)12/h2-6,8-9,16H,1,7H2,(H,15,19)(H,18,20)/b17-9+. The summed E-state index contributed by atoms with van der Waals surface area (Å²) >= 11 is 0. The highest BCUT2D eigenvalue weighted by atomic mass is 16.2. The maximum absolute atomic E-state index is 11.4. The molecule has 2 amide bonds. The van der Waals surface area contributed by atoms with Gasteiger partial charge in [-0.15, -0.1) is 6.58 Å². The van der Waals surface area contributed by atoms with Crippen LogP contribution in [0.5, 0.6) is 0 Å². The number of nitrogens with zero attached hydrogens (tertiary/aromatic N) is 1. The van der Waals surface area contributed by atoms with Crippen molar-refractivity contribution in [1.82, 2.24) is 15.7 Å². The molecule has 0 saturated heterocycles. The number of hydrogen-bond acceptors (Lipinski definition) is 3. The normalized spacial score (nSPS) is 10.6. The SMILES string of the molecule is C=CCNC(=O)C(=O)N/N=C/c1c[nH]c2ccccc12. The number of hydrogen-bond donors (Lipinski definition) is 3. The number of fused-ring (bicyclic) bond motifs is 1. The van der Waals surface area contributed by atoms with E-state index in [0.717, 1.165) is 16.5 Å². The molecule has 0 radical (unpaired) electrons. The molecule has 0 atom stereocenters. The highest BCUT2D eigenvalue weighted by molar-refractivity contribution is 6.35. The van der Waals surface area contributed by atoms with Gasteiger partial charge in [0.2, 0.25) is 0 Å². The van der Waals surface area contributed by atoms with Crippen molar-refractivity contribution in [3.8, 4) is 0 Å². The molecule has 1 heterocycles. The van der Waals surface area contributed by atoms with Crippen LogP contribution in [0.4, 0.5) is 0 Å². The van der Waals surface area contributed by atoms with E-state index in [1.54, 1.807) is 6.20 Å². The van der Waals surface area contributed by atoms with E-state index >= 15 is 0 Å². The zero-order valence-corrected chi connectivity index (χ0v) is 10.7. The lowest BCUT2D eigenvalue weighted by atomic mass is 10.2. The van der Waals surface area contributed by atoms with Crippen molar-refractivity contribution < 1.29 is 9.59 Å². The molecule has 102 valence electrons. The van der Waals surface area contributed by atoms with Gasteiger partial charge in [0.25, 0.3) is 0 Å². The van der Waals surface area contributed by atoms with E-state index in [1.165, 1.54) is 12.3 Å².